The fourth-order valence-electron chi connectivity index (χ4n) is 5.76. The first-order chi connectivity index (χ1) is 11.0. The van der Waals surface area contributed by atoms with Crippen LogP contribution < -0.4 is 10.6 Å². The Morgan fingerprint density at radius 1 is 1.09 bits per heavy atom. The molecular formula is C19H25BrN2S. The second kappa shape index (κ2) is 6.03. The van der Waals surface area contributed by atoms with Crippen LogP contribution in [0.25, 0.3) is 0 Å². The third-order valence-corrected chi connectivity index (χ3v) is 7.20. The Morgan fingerprint density at radius 3 is 2.13 bits per heavy atom. The van der Waals surface area contributed by atoms with E-state index < -0.39 is 0 Å². The van der Waals surface area contributed by atoms with Gasteiger partial charge in [0.2, 0.25) is 0 Å². The van der Waals surface area contributed by atoms with Crippen molar-refractivity contribution in [2.24, 2.45) is 23.2 Å². The number of benzene rings is 1. The molecule has 5 rings (SSSR count). The van der Waals surface area contributed by atoms with Gasteiger partial charge in [-0.3, -0.25) is 0 Å². The zero-order chi connectivity index (χ0) is 16.0. The Morgan fingerprint density at radius 2 is 1.61 bits per heavy atom. The third-order valence-electron chi connectivity index (χ3n) is 6.45. The summed E-state index contributed by atoms with van der Waals surface area (Å²) in [6.45, 7) is 2.35. The topological polar surface area (TPSA) is 24.1 Å². The van der Waals surface area contributed by atoms with Gasteiger partial charge in [-0.2, -0.15) is 0 Å². The first-order valence-corrected chi connectivity index (χ1v) is 10.1. The lowest BCUT2D eigenvalue weighted by molar-refractivity contribution is -0.0671. The number of hydrogen-bond acceptors (Lipinski definition) is 1. The Hall–Kier alpha value is -0.610. The molecule has 4 fully saturated rings. The van der Waals surface area contributed by atoms with Gasteiger partial charge in [-0.05, 0) is 105 Å². The van der Waals surface area contributed by atoms with Crippen LogP contribution in [0.5, 0.6) is 0 Å². The molecule has 1 atom stereocenters. The van der Waals surface area contributed by atoms with E-state index in [0.29, 0.717) is 11.5 Å². The van der Waals surface area contributed by atoms with Crippen molar-refractivity contribution in [2.75, 3.05) is 5.32 Å². The second-order valence-corrected chi connectivity index (χ2v) is 9.43. The average molecular weight is 393 g/mol. The SMILES string of the molecule is CC(NC(=S)Nc1ccc(Br)cc1)C12CC3CC(CC(C3)C1)C2. The van der Waals surface area contributed by atoms with Crippen molar-refractivity contribution in [1.82, 2.24) is 5.32 Å². The molecule has 2 nitrogen and oxygen atoms in total. The molecule has 4 bridgehead atoms. The Bertz CT molecular complexity index is 563. The zero-order valence-electron chi connectivity index (χ0n) is 13.6. The number of anilines is 1. The van der Waals surface area contributed by atoms with Gasteiger partial charge < -0.3 is 10.6 Å². The van der Waals surface area contributed by atoms with E-state index >= 15 is 0 Å². The van der Waals surface area contributed by atoms with Crippen LogP contribution in [0.15, 0.2) is 28.7 Å². The maximum Gasteiger partial charge on any atom is 0.171 e. The van der Waals surface area contributed by atoms with Crippen molar-refractivity contribution in [3.63, 3.8) is 0 Å². The Balaban J connectivity index is 1.40. The first kappa shape index (κ1) is 15.9. The van der Waals surface area contributed by atoms with E-state index in [1.807, 2.05) is 24.3 Å². The summed E-state index contributed by atoms with van der Waals surface area (Å²) in [6.07, 6.45) is 8.71. The summed E-state index contributed by atoms with van der Waals surface area (Å²) in [7, 11) is 0. The van der Waals surface area contributed by atoms with Crippen LogP contribution in [-0.2, 0) is 0 Å². The molecule has 23 heavy (non-hydrogen) atoms. The standard InChI is InChI=1S/C19H25BrN2S/c1-12(21-18(23)22-17-4-2-16(20)3-5-17)19-9-13-6-14(10-19)8-15(7-13)11-19/h2-5,12-15H,6-11H2,1H3,(H2,21,22,23). The van der Waals surface area contributed by atoms with Gasteiger partial charge in [0.05, 0.1) is 0 Å². The summed E-state index contributed by atoms with van der Waals surface area (Å²) in [5.41, 5.74) is 1.53. The highest BCUT2D eigenvalue weighted by Crippen LogP contribution is 2.61. The Labute approximate surface area is 152 Å². The van der Waals surface area contributed by atoms with E-state index in [9.17, 15) is 0 Å². The molecule has 0 aliphatic heterocycles. The van der Waals surface area contributed by atoms with Crippen molar-refractivity contribution in [2.45, 2.75) is 51.5 Å². The van der Waals surface area contributed by atoms with Crippen LogP contribution >= 0.6 is 28.1 Å². The first-order valence-electron chi connectivity index (χ1n) is 8.85. The maximum atomic E-state index is 5.57. The van der Waals surface area contributed by atoms with Gasteiger partial charge >= 0.3 is 0 Å². The molecule has 1 aromatic carbocycles. The van der Waals surface area contributed by atoms with E-state index in [1.165, 1.54) is 38.5 Å². The van der Waals surface area contributed by atoms with Gasteiger partial charge in [-0.1, -0.05) is 15.9 Å². The lowest BCUT2D eigenvalue weighted by atomic mass is 9.48. The quantitative estimate of drug-likeness (QED) is 0.678. The Kier molecular flexibility index (Phi) is 4.17. The molecule has 0 heterocycles. The molecule has 0 spiro atoms. The van der Waals surface area contributed by atoms with Crippen LogP contribution in [0.1, 0.15) is 45.4 Å². The molecule has 4 aliphatic rings. The van der Waals surface area contributed by atoms with Gasteiger partial charge in [0.1, 0.15) is 0 Å². The van der Waals surface area contributed by atoms with Gasteiger partial charge in [0.15, 0.2) is 5.11 Å². The van der Waals surface area contributed by atoms with Crippen LogP contribution in [0, 0.1) is 23.2 Å². The zero-order valence-corrected chi connectivity index (χ0v) is 16.1. The van der Waals surface area contributed by atoms with E-state index in [4.69, 9.17) is 12.2 Å². The minimum Gasteiger partial charge on any atom is -0.359 e. The van der Waals surface area contributed by atoms with Crippen molar-refractivity contribution >= 4 is 38.9 Å². The van der Waals surface area contributed by atoms with Crippen LogP contribution in [0.4, 0.5) is 5.69 Å². The maximum absolute atomic E-state index is 5.57. The lowest BCUT2D eigenvalue weighted by Gasteiger charge is -2.59. The fourth-order valence-corrected chi connectivity index (χ4v) is 6.32. The van der Waals surface area contributed by atoms with Crippen molar-refractivity contribution in [3.05, 3.63) is 28.7 Å². The van der Waals surface area contributed by atoms with E-state index in [2.05, 4.69) is 33.5 Å². The van der Waals surface area contributed by atoms with Crippen LogP contribution in [-0.4, -0.2) is 11.2 Å². The molecule has 1 aromatic rings. The highest BCUT2D eigenvalue weighted by Gasteiger charge is 2.53. The summed E-state index contributed by atoms with van der Waals surface area (Å²) < 4.78 is 1.09. The second-order valence-electron chi connectivity index (χ2n) is 8.11. The largest absolute Gasteiger partial charge is 0.359 e. The molecule has 4 heteroatoms. The van der Waals surface area contributed by atoms with Crippen LogP contribution in [0.3, 0.4) is 0 Å². The molecule has 1 unspecified atom stereocenters. The number of halogens is 1. The summed E-state index contributed by atoms with van der Waals surface area (Å²) in [5, 5.41) is 7.70. The molecule has 124 valence electrons. The van der Waals surface area contributed by atoms with Crippen molar-refractivity contribution in [3.8, 4) is 0 Å². The van der Waals surface area contributed by atoms with Crippen molar-refractivity contribution < 1.29 is 0 Å². The van der Waals surface area contributed by atoms with Gasteiger partial charge in [0.25, 0.3) is 0 Å². The summed E-state index contributed by atoms with van der Waals surface area (Å²) >= 11 is 9.03. The number of rotatable bonds is 3. The highest BCUT2D eigenvalue weighted by molar-refractivity contribution is 9.10. The van der Waals surface area contributed by atoms with E-state index in [0.717, 1.165) is 33.0 Å². The lowest BCUT2D eigenvalue weighted by Crippen LogP contribution is -2.56. The molecule has 4 saturated carbocycles. The summed E-state index contributed by atoms with van der Waals surface area (Å²) in [4.78, 5) is 0. The monoisotopic (exact) mass is 392 g/mol. The summed E-state index contributed by atoms with van der Waals surface area (Å²) in [5.74, 6) is 2.95. The molecule has 0 radical (unpaired) electrons. The minimum atomic E-state index is 0.464. The molecule has 2 N–H and O–H groups in total. The average Bonchev–Trinajstić information content (AvgIpc) is 2.48. The third kappa shape index (κ3) is 3.17. The van der Waals surface area contributed by atoms with Crippen LogP contribution in [0.2, 0.25) is 0 Å². The van der Waals surface area contributed by atoms with E-state index in [1.54, 1.807) is 0 Å². The molecule has 0 amide bonds. The predicted octanol–water partition coefficient (Wildman–Crippen LogP) is 5.34. The van der Waals surface area contributed by atoms with E-state index in [-0.39, 0.29) is 0 Å². The predicted molar refractivity (Wildman–Crippen MR) is 104 cm³/mol. The minimum absolute atomic E-state index is 0.464. The molecule has 0 aromatic heterocycles. The summed E-state index contributed by atoms with van der Waals surface area (Å²) in [6, 6.07) is 8.63. The fraction of sp³-hybridized carbons (Fsp3) is 0.632. The molecule has 4 aliphatic carbocycles. The highest BCUT2D eigenvalue weighted by atomic mass is 79.9. The van der Waals surface area contributed by atoms with Gasteiger partial charge in [-0.15, -0.1) is 0 Å². The van der Waals surface area contributed by atoms with Gasteiger partial charge in [0, 0.05) is 16.2 Å². The van der Waals surface area contributed by atoms with Gasteiger partial charge in [-0.25, -0.2) is 0 Å². The molecular weight excluding hydrogens is 368 g/mol. The number of hydrogen-bond donors (Lipinski definition) is 2. The molecule has 0 saturated heterocycles. The number of thiocarbonyl (C=S) groups is 1. The number of nitrogens with one attached hydrogen (secondary N) is 2. The van der Waals surface area contributed by atoms with Crippen molar-refractivity contribution in [1.29, 1.82) is 0 Å². The smallest absolute Gasteiger partial charge is 0.171 e. The normalized spacial score (nSPS) is 35.8.